The zero-order chi connectivity index (χ0) is 27.7. The average Bonchev–Trinajstić information content (AvgIpc) is 3.36. The highest BCUT2D eigenvalue weighted by Crippen LogP contribution is 2.40. The van der Waals surface area contributed by atoms with Crippen molar-refractivity contribution in [2.24, 2.45) is 0 Å². The minimum Gasteiger partial charge on any atom is -0.378 e. The van der Waals surface area contributed by atoms with Crippen LogP contribution in [0, 0.1) is 0 Å². The van der Waals surface area contributed by atoms with Gasteiger partial charge in [0, 0.05) is 37.4 Å². The van der Waals surface area contributed by atoms with Crippen LogP contribution in [0.3, 0.4) is 0 Å². The van der Waals surface area contributed by atoms with Crippen molar-refractivity contribution in [3.63, 3.8) is 0 Å². The fraction of sp³-hybridized carbons (Fsp3) is 0.481. The molecule has 12 heteroatoms. The lowest BCUT2D eigenvalue weighted by Crippen LogP contribution is -2.54. The van der Waals surface area contributed by atoms with Crippen LogP contribution in [0.2, 0.25) is 0 Å². The second kappa shape index (κ2) is 11.2. The fourth-order valence-corrected chi connectivity index (χ4v) is 5.49. The highest BCUT2D eigenvalue weighted by atomic mass is 19.4. The third kappa shape index (κ3) is 6.22. The molecule has 2 aliphatic rings. The maximum absolute atomic E-state index is 13.6. The number of nitrogens with one attached hydrogen (secondary N) is 1. The normalized spacial score (nSPS) is 20.7. The van der Waals surface area contributed by atoms with Crippen LogP contribution in [0.4, 0.5) is 32.0 Å². The molecule has 1 saturated heterocycles. The van der Waals surface area contributed by atoms with Gasteiger partial charge in [-0.1, -0.05) is 18.2 Å². The van der Waals surface area contributed by atoms with Crippen LogP contribution in [-0.4, -0.2) is 75.7 Å². The van der Waals surface area contributed by atoms with Gasteiger partial charge in [-0.15, -0.1) is 0 Å². The molecule has 6 nitrogen and oxygen atoms in total. The molecule has 2 aliphatic heterocycles. The number of likely N-dealkylation sites (tertiary alicyclic amines) is 1. The summed E-state index contributed by atoms with van der Waals surface area (Å²) >= 11 is 0. The minimum absolute atomic E-state index is 0.210. The standard InChI is InChI=1S/C27H30F6N6/c1-17-9-19-10-18(20-11-35-39(13-20)26(29)30)3-5-23(19)25(38(17)16-27(31,32)33)24-6-4-21(12-34-24)36-22-14-37(15-22)8-2-7-28/h3-6,10-13,17,22,25-26,36H,2,7-9,14-16H2,1H3. The quantitative estimate of drug-likeness (QED) is 0.346. The molecule has 0 bridgehead atoms. The van der Waals surface area contributed by atoms with Gasteiger partial charge in [-0.2, -0.15) is 27.1 Å². The SMILES string of the molecule is CC1Cc2cc(-c3cnn(C(F)F)c3)ccc2C(c2ccc(NC3CN(CCCF)C3)cn2)N1CC(F)(F)F. The lowest BCUT2D eigenvalue weighted by atomic mass is 9.85. The Labute approximate surface area is 222 Å². The number of halogens is 6. The van der Waals surface area contributed by atoms with Gasteiger partial charge in [0.2, 0.25) is 0 Å². The fourth-order valence-electron chi connectivity index (χ4n) is 5.49. The number of aromatic nitrogens is 3. The summed E-state index contributed by atoms with van der Waals surface area (Å²) in [6.07, 6.45) is 0.731. The second-order valence-corrected chi connectivity index (χ2v) is 10.3. The van der Waals surface area contributed by atoms with Gasteiger partial charge in [-0.05, 0) is 48.6 Å². The molecule has 5 rings (SSSR count). The third-order valence-corrected chi connectivity index (χ3v) is 7.35. The Balaban J connectivity index is 1.40. The number of anilines is 1. The van der Waals surface area contributed by atoms with Gasteiger partial charge < -0.3 is 5.32 Å². The Hall–Kier alpha value is -3.12. The Morgan fingerprint density at radius 2 is 1.87 bits per heavy atom. The third-order valence-electron chi connectivity index (χ3n) is 7.35. The van der Waals surface area contributed by atoms with Crippen molar-refractivity contribution in [1.29, 1.82) is 0 Å². The summed E-state index contributed by atoms with van der Waals surface area (Å²) < 4.78 is 79.8. The van der Waals surface area contributed by atoms with E-state index in [2.05, 4.69) is 20.3 Å². The smallest absolute Gasteiger partial charge is 0.378 e. The number of rotatable bonds is 9. The molecule has 210 valence electrons. The van der Waals surface area contributed by atoms with Crippen LogP contribution in [0.15, 0.2) is 48.9 Å². The molecule has 4 heterocycles. The molecule has 3 aromatic rings. The topological polar surface area (TPSA) is 49.2 Å². The number of pyridine rings is 1. The number of hydrogen-bond donors (Lipinski definition) is 1. The van der Waals surface area contributed by atoms with E-state index in [-0.39, 0.29) is 12.7 Å². The Kier molecular flexibility index (Phi) is 7.86. The lowest BCUT2D eigenvalue weighted by molar-refractivity contribution is -0.155. The summed E-state index contributed by atoms with van der Waals surface area (Å²) in [4.78, 5) is 8.14. The number of nitrogens with zero attached hydrogens (tertiary/aromatic N) is 5. The van der Waals surface area contributed by atoms with E-state index in [4.69, 9.17) is 0 Å². The molecule has 2 atom stereocenters. The molecule has 0 amide bonds. The number of alkyl halides is 6. The van der Waals surface area contributed by atoms with Crippen molar-refractivity contribution in [3.8, 4) is 11.1 Å². The summed E-state index contributed by atoms with van der Waals surface area (Å²) in [5, 5.41) is 7.06. The van der Waals surface area contributed by atoms with Crippen molar-refractivity contribution >= 4 is 5.69 Å². The Morgan fingerprint density at radius 3 is 2.51 bits per heavy atom. The molecule has 2 aromatic heterocycles. The average molecular weight is 553 g/mol. The van der Waals surface area contributed by atoms with Gasteiger partial charge >= 0.3 is 12.7 Å². The van der Waals surface area contributed by atoms with Crippen LogP contribution in [-0.2, 0) is 6.42 Å². The number of fused-ring (bicyclic) bond motifs is 1. The number of hydrogen-bond acceptors (Lipinski definition) is 5. The Morgan fingerprint density at radius 1 is 1.08 bits per heavy atom. The van der Waals surface area contributed by atoms with Gasteiger partial charge in [-0.3, -0.25) is 19.2 Å². The Bertz CT molecular complexity index is 1250. The van der Waals surface area contributed by atoms with Crippen molar-refractivity contribution in [3.05, 3.63) is 65.7 Å². The maximum Gasteiger partial charge on any atom is 0.401 e. The minimum atomic E-state index is -4.40. The van der Waals surface area contributed by atoms with Gasteiger partial charge in [-0.25, -0.2) is 4.68 Å². The highest BCUT2D eigenvalue weighted by Gasteiger charge is 2.41. The summed E-state index contributed by atoms with van der Waals surface area (Å²) in [6.45, 7) is -0.107. The van der Waals surface area contributed by atoms with Gasteiger partial charge in [0.1, 0.15) is 0 Å². The van der Waals surface area contributed by atoms with E-state index in [1.807, 2.05) is 12.1 Å². The van der Waals surface area contributed by atoms with E-state index in [0.29, 0.717) is 39.9 Å². The van der Waals surface area contributed by atoms with Crippen molar-refractivity contribution in [1.82, 2.24) is 24.6 Å². The number of benzene rings is 1. The van der Waals surface area contributed by atoms with Crippen LogP contribution in [0.25, 0.3) is 11.1 Å². The molecule has 0 saturated carbocycles. The first-order chi connectivity index (χ1) is 18.6. The van der Waals surface area contributed by atoms with Gasteiger partial charge in [0.15, 0.2) is 0 Å². The van der Waals surface area contributed by atoms with E-state index in [1.54, 1.807) is 31.3 Å². The molecule has 0 aliphatic carbocycles. The van der Waals surface area contributed by atoms with Crippen molar-refractivity contribution < 1.29 is 26.3 Å². The van der Waals surface area contributed by atoms with Gasteiger partial charge in [0.25, 0.3) is 0 Å². The monoisotopic (exact) mass is 552 g/mol. The zero-order valence-corrected chi connectivity index (χ0v) is 21.4. The van der Waals surface area contributed by atoms with E-state index < -0.39 is 31.4 Å². The molecule has 39 heavy (non-hydrogen) atoms. The van der Waals surface area contributed by atoms with Crippen LogP contribution < -0.4 is 5.32 Å². The first-order valence-electron chi connectivity index (χ1n) is 12.9. The van der Waals surface area contributed by atoms with Gasteiger partial charge in [0.05, 0.1) is 49.1 Å². The first kappa shape index (κ1) is 27.4. The molecule has 2 unspecified atom stereocenters. The molecule has 0 spiro atoms. The lowest BCUT2D eigenvalue weighted by Gasteiger charge is -2.42. The molecule has 1 fully saturated rings. The molecular formula is C27H30F6N6. The van der Waals surface area contributed by atoms with E-state index in [0.717, 1.165) is 30.9 Å². The zero-order valence-electron chi connectivity index (χ0n) is 21.4. The summed E-state index contributed by atoms with van der Waals surface area (Å²) in [5.41, 5.74) is 4.00. The van der Waals surface area contributed by atoms with Crippen molar-refractivity contribution in [2.45, 2.75) is 50.6 Å². The van der Waals surface area contributed by atoms with Crippen LogP contribution in [0.1, 0.15) is 42.8 Å². The molecule has 1 N–H and O–H groups in total. The van der Waals surface area contributed by atoms with Crippen LogP contribution in [0.5, 0.6) is 0 Å². The summed E-state index contributed by atoms with van der Waals surface area (Å²) in [6, 6.07) is 7.95. The summed E-state index contributed by atoms with van der Waals surface area (Å²) in [5.74, 6) is 0. The molecule has 1 aromatic carbocycles. The van der Waals surface area contributed by atoms with E-state index in [1.165, 1.54) is 17.3 Å². The second-order valence-electron chi connectivity index (χ2n) is 10.3. The van der Waals surface area contributed by atoms with Crippen LogP contribution >= 0.6 is 0 Å². The highest BCUT2D eigenvalue weighted by molar-refractivity contribution is 5.64. The summed E-state index contributed by atoms with van der Waals surface area (Å²) in [7, 11) is 0. The predicted molar refractivity (Wildman–Crippen MR) is 135 cm³/mol. The molecular weight excluding hydrogens is 522 g/mol. The predicted octanol–water partition coefficient (Wildman–Crippen LogP) is 5.69. The van der Waals surface area contributed by atoms with Crippen molar-refractivity contribution in [2.75, 3.05) is 38.2 Å². The van der Waals surface area contributed by atoms with E-state index >= 15 is 0 Å². The van der Waals surface area contributed by atoms with E-state index in [9.17, 15) is 26.3 Å². The largest absolute Gasteiger partial charge is 0.401 e. The first-order valence-corrected chi connectivity index (χ1v) is 12.9. The molecule has 0 radical (unpaired) electrons. The maximum atomic E-state index is 13.6.